The van der Waals surface area contributed by atoms with Crippen LogP contribution in [0.3, 0.4) is 0 Å². The molecule has 2 saturated heterocycles. The summed E-state index contributed by atoms with van der Waals surface area (Å²) < 4.78 is 6.43. The molecule has 0 saturated carbocycles. The first kappa shape index (κ1) is 20.3. The summed E-state index contributed by atoms with van der Waals surface area (Å²) in [6.45, 7) is 3.74. The highest BCUT2D eigenvalue weighted by Gasteiger charge is 2.42. The summed E-state index contributed by atoms with van der Waals surface area (Å²) in [6.07, 6.45) is 7.76. The Balaban J connectivity index is 1.16. The van der Waals surface area contributed by atoms with Crippen LogP contribution in [0, 0.1) is 0 Å². The van der Waals surface area contributed by atoms with Crippen molar-refractivity contribution in [1.82, 2.24) is 20.2 Å². The van der Waals surface area contributed by atoms with E-state index >= 15 is 0 Å². The quantitative estimate of drug-likeness (QED) is 0.557. The van der Waals surface area contributed by atoms with Gasteiger partial charge in [-0.1, -0.05) is 42.1 Å². The number of piperidine rings is 1. The van der Waals surface area contributed by atoms with Crippen molar-refractivity contribution < 1.29 is 9.53 Å². The van der Waals surface area contributed by atoms with E-state index in [1.807, 2.05) is 0 Å². The maximum atomic E-state index is 12.1. The van der Waals surface area contributed by atoms with Gasteiger partial charge in [0.15, 0.2) is 5.16 Å². The normalized spacial score (nSPS) is 21.3. The Morgan fingerprint density at radius 1 is 1.14 bits per heavy atom. The Hall–Kier alpha value is -1.96. The number of aromatic nitrogens is 2. The molecule has 0 bridgehead atoms. The Morgan fingerprint density at radius 3 is 2.66 bits per heavy atom. The molecule has 0 aliphatic carbocycles. The van der Waals surface area contributed by atoms with Gasteiger partial charge < -0.3 is 10.1 Å². The highest BCUT2D eigenvalue weighted by atomic mass is 32.2. The second kappa shape index (κ2) is 9.69. The fourth-order valence-corrected chi connectivity index (χ4v) is 4.77. The highest BCUT2D eigenvalue weighted by Crippen LogP contribution is 2.39. The molecule has 2 fully saturated rings. The van der Waals surface area contributed by atoms with Crippen LogP contribution in [0.15, 0.2) is 53.9 Å². The molecule has 1 aromatic carbocycles. The number of amides is 1. The van der Waals surface area contributed by atoms with Crippen LogP contribution in [0.25, 0.3) is 0 Å². The molecule has 6 nitrogen and oxygen atoms in total. The lowest BCUT2D eigenvalue weighted by Crippen LogP contribution is -2.45. The van der Waals surface area contributed by atoms with Crippen LogP contribution in [0.4, 0.5) is 0 Å². The van der Waals surface area contributed by atoms with Crippen LogP contribution in [0.5, 0.6) is 0 Å². The zero-order valence-electron chi connectivity index (χ0n) is 16.6. The van der Waals surface area contributed by atoms with Gasteiger partial charge >= 0.3 is 0 Å². The van der Waals surface area contributed by atoms with Crippen LogP contribution >= 0.6 is 11.8 Å². The second-order valence-electron chi connectivity index (χ2n) is 7.85. The van der Waals surface area contributed by atoms with Gasteiger partial charge in [0.1, 0.15) is 0 Å². The monoisotopic (exact) mass is 412 g/mol. The first-order valence-electron chi connectivity index (χ1n) is 10.3. The number of benzene rings is 1. The molecule has 1 aromatic heterocycles. The minimum absolute atomic E-state index is 0.00434. The Kier molecular flexibility index (Phi) is 6.79. The lowest BCUT2D eigenvalue weighted by molar-refractivity contribution is -0.120. The molecule has 2 aliphatic rings. The predicted molar refractivity (Wildman–Crippen MR) is 114 cm³/mol. The van der Waals surface area contributed by atoms with Crippen molar-refractivity contribution in [3.8, 4) is 0 Å². The Bertz CT molecular complexity index is 782. The number of hydrogen-bond acceptors (Lipinski definition) is 6. The third-order valence-electron chi connectivity index (χ3n) is 5.76. The fourth-order valence-electron chi connectivity index (χ4n) is 4.14. The summed E-state index contributed by atoms with van der Waals surface area (Å²) in [5.41, 5.74) is 1.38. The molecule has 1 N–H and O–H groups in total. The van der Waals surface area contributed by atoms with Gasteiger partial charge in [0.05, 0.1) is 17.5 Å². The summed E-state index contributed by atoms with van der Waals surface area (Å²) in [5, 5.41) is 3.63. The molecule has 2 aliphatic heterocycles. The zero-order chi connectivity index (χ0) is 19.9. The van der Waals surface area contributed by atoms with Crippen LogP contribution < -0.4 is 5.32 Å². The van der Waals surface area contributed by atoms with Crippen LogP contribution in [0.2, 0.25) is 0 Å². The van der Waals surface area contributed by atoms with E-state index in [0.717, 1.165) is 45.3 Å². The van der Waals surface area contributed by atoms with Gasteiger partial charge in [-0.05, 0) is 37.3 Å². The second-order valence-corrected chi connectivity index (χ2v) is 8.79. The molecule has 7 heteroatoms. The average Bonchev–Trinajstić information content (AvgIpc) is 3.17. The minimum atomic E-state index is 0.00434. The molecular formula is C22H28N4O2S. The van der Waals surface area contributed by atoms with Gasteiger partial charge in [0.2, 0.25) is 5.91 Å². The van der Waals surface area contributed by atoms with Gasteiger partial charge in [-0.3, -0.25) is 9.69 Å². The third kappa shape index (κ3) is 5.78. The lowest BCUT2D eigenvalue weighted by Gasteiger charge is -2.39. The van der Waals surface area contributed by atoms with Crippen molar-refractivity contribution in [3.63, 3.8) is 0 Å². The smallest absolute Gasteiger partial charge is 0.230 e. The Labute approximate surface area is 176 Å². The highest BCUT2D eigenvalue weighted by molar-refractivity contribution is 7.99. The van der Waals surface area contributed by atoms with E-state index < -0.39 is 0 Å². The molecule has 29 heavy (non-hydrogen) atoms. The number of carbonyl (C=O) groups is 1. The number of ether oxygens (including phenoxy) is 1. The molecule has 1 spiro atoms. The van der Waals surface area contributed by atoms with Gasteiger partial charge in [-0.2, -0.15) is 0 Å². The van der Waals surface area contributed by atoms with Crippen molar-refractivity contribution in [2.24, 2.45) is 0 Å². The summed E-state index contributed by atoms with van der Waals surface area (Å²) in [7, 11) is 0. The SMILES string of the molecule is O=C(CSc1ncccn1)NCC1CCC2(CCN(Cc3ccccc3)CC2)O1. The maximum Gasteiger partial charge on any atom is 0.230 e. The number of carbonyl (C=O) groups excluding carboxylic acids is 1. The van der Waals surface area contributed by atoms with E-state index in [4.69, 9.17) is 4.74 Å². The van der Waals surface area contributed by atoms with Crippen molar-refractivity contribution in [2.45, 2.75) is 49.1 Å². The number of nitrogens with zero attached hydrogens (tertiary/aromatic N) is 3. The third-order valence-corrected chi connectivity index (χ3v) is 6.63. The molecular weight excluding hydrogens is 384 g/mol. The first-order valence-corrected chi connectivity index (χ1v) is 11.3. The molecule has 1 amide bonds. The molecule has 0 radical (unpaired) electrons. The van der Waals surface area contributed by atoms with E-state index in [1.165, 1.54) is 17.3 Å². The van der Waals surface area contributed by atoms with Crippen molar-refractivity contribution in [2.75, 3.05) is 25.4 Å². The van der Waals surface area contributed by atoms with Gasteiger partial charge in [-0.25, -0.2) is 9.97 Å². The Morgan fingerprint density at radius 2 is 1.90 bits per heavy atom. The van der Waals surface area contributed by atoms with Crippen LogP contribution in [-0.4, -0.2) is 57.9 Å². The maximum absolute atomic E-state index is 12.1. The summed E-state index contributed by atoms with van der Waals surface area (Å²) >= 11 is 1.35. The largest absolute Gasteiger partial charge is 0.370 e. The van der Waals surface area contributed by atoms with E-state index in [2.05, 4.69) is 50.5 Å². The molecule has 154 valence electrons. The summed E-state index contributed by atoms with van der Waals surface area (Å²) in [5.74, 6) is 0.334. The van der Waals surface area contributed by atoms with Gasteiger partial charge in [0.25, 0.3) is 0 Å². The lowest BCUT2D eigenvalue weighted by atomic mass is 9.88. The summed E-state index contributed by atoms with van der Waals surface area (Å²) in [6, 6.07) is 12.4. The van der Waals surface area contributed by atoms with E-state index in [1.54, 1.807) is 18.5 Å². The number of thioether (sulfide) groups is 1. The van der Waals surface area contributed by atoms with Crippen molar-refractivity contribution in [3.05, 3.63) is 54.4 Å². The topological polar surface area (TPSA) is 67.4 Å². The number of nitrogens with one attached hydrogen (secondary N) is 1. The average molecular weight is 413 g/mol. The number of rotatable bonds is 7. The zero-order valence-corrected chi connectivity index (χ0v) is 17.4. The number of likely N-dealkylation sites (tertiary alicyclic amines) is 1. The first-order chi connectivity index (χ1) is 14.2. The van der Waals surface area contributed by atoms with Crippen LogP contribution in [0.1, 0.15) is 31.2 Å². The van der Waals surface area contributed by atoms with Crippen molar-refractivity contribution >= 4 is 17.7 Å². The summed E-state index contributed by atoms with van der Waals surface area (Å²) in [4.78, 5) is 22.9. The molecule has 1 unspecified atom stereocenters. The van der Waals surface area contributed by atoms with Crippen LogP contribution in [-0.2, 0) is 16.1 Å². The molecule has 3 heterocycles. The molecule has 4 rings (SSSR count). The van der Waals surface area contributed by atoms with E-state index in [0.29, 0.717) is 17.5 Å². The van der Waals surface area contributed by atoms with Gasteiger partial charge in [0, 0.05) is 38.6 Å². The molecule has 1 atom stereocenters. The minimum Gasteiger partial charge on any atom is -0.370 e. The van der Waals surface area contributed by atoms with E-state index in [-0.39, 0.29) is 17.6 Å². The molecule has 2 aromatic rings. The number of hydrogen-bond donors (Lipinski definition) is 1. The van der Waals surface area contributed by atoms with E-state index in [9.17, 15) is 4.79 Å². The fraction of sp³-hybridized carbons (Fsp3) is 0.500. The predicted octanol–water partition coefficient (Wildman–Crippen LogP) is 2.90. The van der Waals surface area contributed by atoms with Gasteiger partial charge in [-0.15, -0.1) is 0 Å². The van der Waals surface area contributed by atoms with Crippen molar-refractivity contribution in [1.29, 1.82) is 0 Å². The standard InChI is InChI=1S/C22H28N4O2S/c27-20(17-29-21-23-11-4-12-24-21)25-15-19-7-8-22(28-19)9-13-26(14-10-22)16-18-5-2-1-3-6-18/h1-6,11-12,19H,7-10,13-17H2,(H,25,27).